The number of nitrogens with one attached hydrogen (secondary N) is 2. The number of hydrogen-bond acceptors (Lipinski definition) is 4. The summed E-state index contributed by atoms with van der Waals surface area (Å²) in [5, 5.41) is 5.55. The first-order chi connectivity index (χ1) is 11.6. The fraction of sp³-hybridized carbons (Fsp3) is 0.278. The molecule has 0 radical (unpaired) electrons. The van der Waals surface area contributed by atoms with Gasteiger partial charge in [0.1, 0.15) is 5.82 Å². The Morgan fingerprint density at radius 3 is 2.58 bits per heavy atom. The number of aromatic nitrogens is 1. The first-order valence-corrected chi connectivity index (χ1v) is 8.02. The van der Waals surface area contributed by atoms with E-state index in [4.69, 9.17) is 5.73 Å². The van der Waals surface area contributed by atoms with Crippen molar-refractivity contribution in [2.75, 3.05) is 16.4 Å². The maximum Gasteiger partial charge on any atom is 0.228 e. The zero-order chi connectivity index (χ0) is 16.9. The van der Waals surface area contributed by atoms with Crippen molar-refractivity contribution in [2.24, 2.45) is 5.92 Å². The highest BCUT2D eigenvalue weighted by atomic mass is 16.2. The number of nitrogen functional groups attached to an aromatic ring is 1. The van der Waals surface area contributed by atoms with E-state index in [0.29, 0.717) is 30.0 Å². The second kappa shape index (κ2) is 7.12. The molecule has 1 fully saturated rings. The van der Waals surface area contributed by atoms with Gasteiger partial charge in [-0.3, -0.25) is 9.59 Å². The molecule has 0 atom stereocenters. The van der Waals surface area contributed by atoms with Crippen molar-refractivity contribution in [3.63, 3.8) is 0 Å². The number of carbonyl (C=O) groups excluding carboxylic acids is 2. The molecule has 1 aliphatic rings. The van der Waals surface area contributed by atoms with Crippen LogP contribution in [-0.2, 0) is 16.0 Å². The monoisotopic (exact) mass is 324 g/mol. The minimum atomic E-state index is -0.102. The Kier molecular flexibility index (Phi) is 4.74. The van der Waals surface area contributed by atoms with Crippen LogP contribution in [0.4, 0.5) is 17.2 Å². The molecule has 124 valence electrons. The van der Waals surface area contributed by atoms with E-state index in [0.717, 1.165) is 18.4 Å². The lowest BCUT2D eigenvalue weighted by Crippen LogP contribution is -2.15. The van der Waals surface area contributed by atoms with Crippen LogP contribution in [0.25, 0.3) is 0 Å². The lowest BCUT2D eigenvalue weighted by Gasteiger charge is -2.08. The lowest BCUT2D eigenvalue weighted by molar-refractivity contribution is -0.117. The van der Waals surface area contributed by atoms with Crippen LogP contribution in [-0.4, -0.2) is 16.8 Å². The van der Waals surface area contributed by atoms with E-state index >= 15 is 0 Å². The average molecular weight is 324 g/mol. The number of pyridine rings is 1. The summed E-state index contributed by atoms with van der Waals surface area (Å²) in [5.41, 5.74) is 8.13. The fourth-order valence-electron chi connectivity index (χ4n) is 2.35. The number of nitrogens with zero attached hydrogens (tertiary/aromatic N) is 1. The van der Waals surface area contributed by atoms with Crippen molar-refractivity contribution in [1.29, 1.82) is 0 Å². The normalized spacial score (nSPS) is 13.3. The molecule has 3 rings (SSSR count). The molecule has 0 aliphatic heterocycles. The molecule has 0 unspecified atom stereocenters. The van der Waals surface area contributed by atoms with Gasteiger partial charge in [0.15, 0.2) is 0 Å². The summed E-state index contributed by atoms with van der Waals surface area (Å²) in [6, 6.07) is 10.9. The maximum absolute atomic E-state index is 12.0. The second-order valence-corrected chi connectivity index (χ2v) is 5.94. The predicted octanol–water partition coefficient (Wildman–Crippen LogP) is 2.58. The molecular formula is C18H20N4O2. The van der Waals surface area contributed by atoms with Crippen LogP contribution in [0.1, 0.15) is 24.8 Å². The standard InChI is InChI=1S/C18H20N4O2/c19-15-4-2-1-3-12(15)7-10-17(23)21-14-8-9-16(20-11-14)22-18(24)13-5-6-13/h1-4,8-9,11,13H,5-7,10,19H2,(H,21,23)(H,20,22,24). The lowest BCUT2D eigenvalue weighted by atomic mass is 10.1. The molecule has 6 heteroatoms. The number of anilines is 3. The molecule has 1 aromatic heterocycles. The Bertz CT molecular complexity index is 739. The number of para-hydroxylation sites is 1. The number of amides is 2. The number of carbonyl (C=O) groups is 2. The summed E-state index contributed by atoms with van der Waals surface area (Å²) in [7, 11) is 0. The molecule has 0 saturated heterocycles. The number of aryl methyl sites for hydroxylation is 1. The minimum absolute atomic E-state index is 0.0136. The van der Waals surface area contributed by atoms with E-state index in [1.807, 2.05) is 24.3 Å². The number of hydrogen-bond donors (Lipinski definition) is 3. The van der Waals surface area contributed by atoms with Gasteiger partial charge in [-0.2, -0.15) is 0 Å². The van der Waals surface area contributed by atoms with E-state index in [-0.39, 0.29) is 17.7 Å². The molecule has 1 aliphatic carbocycles. The highest BCUT2D eigenvalue weighted by Crippen LogP contribution is 2.29. The van der Waals surface area contributed by atoms with Crippen LogP contribution in [0.5, 0.6) is 0 Å². The molecule has 6 nitrogen and oxygen atoms in total. The zero-order valence-corrected chi connectivity index (χ0v) is 13.3. The van der Waals surface area contributed by atoms with Gasteiger partial charge in [-0.05, 0) is 43.0 Å². The molecule has 0 spiro atoms. The molecule has 0 bridgehead atoms. The van der Waals surface area contributed by atoms with Gasteiger partial charge in [0.2, 0.25) is 11.8 Å². The van der Waals surface area contributed by atoms with Crippen LogP contribution < -0.4 is 16.4 Å². The summed E-state index contributed by atoms with van der Waals surface area (Å²) in [6.07, 6.45) is 4.37. The van der Waals surface area contributed by atoms with Gasteiger partial charge in [-0.15, -0.1) is 0 Å². The van der Waals surface area contributed by atoms with Crippen molar-refractivity contribution in [1.82, 2.24) is 4.98 Å². The van der Waals surface area contributed by atoms with Crippen LogP contribution in [0.2, 0.25) is 0 Å². The summed E-state index contributed by atoms with van der Waals surface area (Å²) >= 11 is 0. The third-order valence-corrected chi connectivity index (χ3v) is 3.92. The van der Waals surface area contributed by atoms with Gasteiger partial charge in [-0.1, -0.05) is 18.2 Å². The van der Waals surface area contributed by atoms with Crippen LogP contribution in [0, 0.1) is 5.92 Å². The number of benzene rings is 1. The van der Waals surface area contributed by atoms with Crippen LogP contribution in [0.3, 0.4) is 0 Å². The quantitative estimate of drug-likeness (QED) is 0.711. The van der Waals surface area contributed by atoms with E-state index in [1.54, 1.807) is 12.1 Å². The number of nitrogens with two attached hydrogens (primary N) is 1. The van der Waals surface area contributed by atoms with E-state index in [1.165, 1.54) is 6.20 Å². The molecule has 24 heavy (non-hydrogen) atoms. The number of rotatable bonds is 6. The predicted molar refractivity (Wildman–Crippen MR) is 93.4 cm³/mol. The van der Waals surface area contributed by atoms with Crippen molar-refractivity contribution >= 4 is 29.0 Å². The molecule has 1 saturated carbocycles. The summed E-state index contributed by atoms with van der Waals surface area (Å²) in [5.74, 6) is 0.549. The van der Waals surface area contributed by atoms with Crippen molar-refractivity contribution in [2.45, 2.75) is 25.7 Å². The largest absolute Gasteiger partial charge is 0.399 e. The second-order valence-electron chi connectivity index (χ2n) is 5.94. The van der Waals surface area contributed by atoms with Gasteiger partial charge < -0.3 is 16.4 Å². The molecular weight excluding hydrogens is 304 g/mol. The van der Waals surface area contributed by atoms with E-state index < -0.39 is 0 Å². The summed E-state index contributed by atoms with van der Waals surface area (Å²) in [6.45, 7) is 0. The zero-order valence-electron chi connectivity index (χ0n) is 13.3. The van der Waals surface area contributed by atoms with Crippen molar-refractivity contribution < 1.29 is 9.59 Å². The summed E-state index contributed by atoms with van der Waals surface area (Å²) in [4.78, 5) is 27.8. The Morgan fingerprint density at radius 1 is 1.12 bits per heavy atom. The topological polar surface area (TPSA) is 97.1 Å². The smallest absolute Gasteiger partial charge is 0.228 e. The third-order valence-electron chi connectivity index (χ3n) is 3.92. The Labute approximate surface area is 140 Å². The SMILES string of the molecule is Nc1ccccc1CCC(=O)Nc1ccc(NC(=O)C2CC2)nc1. The molecule has 1 aromatic carbocycles. The Hall–Kier alpha value is -2.89. The minimum Gasteiger partial charge on any atom is -0.399 e. The molecule has 2 aromatic rings. The van der Waals surface area contributed by atoms with Gasteiger partial charge >= 0.3 is 0 Å². The highest BCUT2D eigenvalue weighted by molar-refractivity contribution is 5.94. The first-order valence-electron chi connectivity index (χ1n) is 8.02. The van der Waals surface area contributed by atoms with Crippen LogP contribution in [0.15, 0.2) is 42.6 Å². The summed E-state index contributed by atoms with van der Waals surface area (Å²) < 4.78 is 0. The van der Waals surface area contributed by atoms with Crippen LogP contribution >= 0.6 is 0 Å². The van der Waals surface area contributed by atoms with Gasteiger partial charge in [0, 0.05) is 18.0 Å². The van der Waals surface area contributed by atoms with Gasteiger partial charge in [0.05, 0.1) is 11.9 Å². The molecule has 4 N–H and O–H groups in total. The van der Waals surface area contributed by atoms with E-state index in [2.05, 4.69) is 15.6 Å². The van der Waals surface area contributed by atoms with Crippen molar-refractivity contribution in [3.05, 3.63) is 48.2 Å². The molecule has 2 amide bonds. The first kappa shape index (κ1) is 16.0. The third kappa shape index (κ3) is 4.32. The highest BCUT2D eigenvalue weighted by Gasteiger charge is 2.29. The molecule has 1 heterocycles. The Balaban J connectivity index is 1.49. The van der Waals surface area contributed by atoms with Gasteiger partial charge in [0.25, 0.3) is 0 Å². The van der Waals surface area contributed by atoms with Crippen molar-refractivity contribution in [3.8, 4) is 0 Å². The Morgan fingerprint density at radius 2 is 1.92 bits per heavy atom. The maximum atomic E-state index is 12.0. The van der Waals surface area contributed by atoms with E-state index in [9.17, 15) is 9.59 Å². The van der Waals surface area contributed by atoms with Gasteiger partial charge in [-0.25, -0.2) is 4.98 Å². The fourth-order valence-corrected chi connectivity index (χ4v) is 2.35. The average Bonchev–Trinajstić information content (AvgIpc) is 3.41.